The summed E-state index contributed by atoms with van der Waals surface area (Å²) in [6.45, 7) is 0.640. The summed E-state index contributed by atoms with van der Waals surface area (Å²) in [7, 11) is 3.30. The third-order valence-corrected chi connectivity index (χ3v) is 3.06. The Kier molecular flexibility index (Phi) is 4.53. The first-order chi connectivity index (χ1) is 9.24. The summed E-state index contributed by atoms with van der Waals surface area (Å²) in [5.74, 6) is 1.62. The molecule has 0 aliphatic heterocycles. The van der Waals surface area contributed by atoms with E-state index in [1.165, 1.54) is 0 Å². The van der Waals surface area contributed by atoms with Gasteiger partial charge in [0.25, 0.3) is 0 Å². The average molecular weight is 278 g/mol. The Hall–Kier alpha value is -1.87. The smallest absolute Gasteiger partial charge is 0.142 e. The number of rotatable bonds is 5. The summed E-state index contributed by atoms with van der Waals surface area (Å²) in [6.07, 6.45) is 0. The second-order valence-corrected chi connectivity index (χ2v) is 4.45. The molecule has 0 aliphatic rings. The maximum atomic E-state index is 5.99. The number of nitrogens with one attached hydrogen (secondary N) is 1. The Balaban J connectivity index is 2.16. The van der Waals surface area contributed by atoms with Crippen LogP contribution in [0.2, 0.25) is 5.02 Å². The highest BCUT2D eigenvalue weighted by Crippen LogP contribution is 2.29. The van der Waals surface area contributed by atoms with Crippen LogP contribution in [0.4, 0.5) is 5.69 Å². The van der Waals surface area contributed by atoms with Crippen LogP contribution in [0.3, 0.4) is 0 Å². The van der Waals surface area contributed by atoms with Crippen LogP contribution >= 0.6 is 11.6 Å². The van der Waals surface area contributed by atoms with Gasteiger partial charge >= 0.3 is 0 Å². The van der Waals surface area contributed by atoms with E-state index in [0.29, 0.717) is 11.6 Å². The molecule has 4 heteroatoms. The van der Waals surface area contributed by atoms with Gasteiger partial charge in [0, 0.05) is 17.1 Å². The van der Waals surface area contributed by atoms with Crippen molar-refractivity contribution in [3.63, 3.8) is 0 Å². The van der Waals surface area contributed by atoms with Crippen molar-refractivity contribution in [2.45, 2.75) is 6.54 Å². The number of benzene rings is 2. The molecule has 0 unspecified atom stereocenters. The zero-order valence-corrected chi connectivity index (χ0v) is 11.7. The Bertz CT molecular complexity index is 558. The number of methoxy groups -OCH3 is 2. The first-order valence-electron chi connectivity index (χ1n) is 5.94. The van der Waals surface area contributed by atoms with Gasteiger partial charge in [-0.05, 0) is 24.3 Å². The van der Waals surface area contributed by atoms with E-state index in [1.54, 1.807) is 20.3 Å². The van der Waals surface area contributed by atoms with E-state index in [0.717, 1.165) is 22.7 Å². The largest absolute Gasteiger partial charge is 0.496 e. The van der Waals surface area contributed by atoms with Gasteiger partial charge in [-0.15, -0.1) is 0 Å². The number of halogens is 1. The van der Waals surface area contributed by atoms with E-state index in [2.05, 4.69) is 5.32 Å². The molecule has 1 N–H and O–H groups in total. The normalized spacial score (nSPS) is 10.1. The number of hydrogen-bond donors (Lipinski definition) is 1. The van der Waals surface area contributed by atoms with Crippen LogP contribution in [-0.2, 0) is 6.54 Å². The Labute approximate surface area is 118 Å². The fourth-order valence-corrected chi connectivity index (χ4v) is 2.03. The van der Waals surface area contributed by atoms with Crippen molar-refractivity contribution in [3.05, 3.63) is 53.1 Å². The highest BCUT2D eigenvalue weighted by atomic mass is 35.5. The summed E-state index contributed by atoms with van der Waals surface area (Å²) in [6, 6.07) is 13.4. The Morgan fingerprint density at radius 3 is 2.47 bits per heavy atom. The fourth-order valence-electron chi connectivity index (χ4n) is 1.86. The quantitative estimate of drug-likeness (QED) is 0.897. The molecule has 0 fully saturated rings. The molecular weight excluding hydrogens is 262 g/mol. The minimum atomic E-state index is 0.640. The van der Waals surface area contributed by atoms with E-state index in [9.17, 15) is 0 Å². The lowest BCUT2D eigenvalue weighted by atomic mass is 10.2. The average Bonchev–Trinajstić information content (AvgIpc) is 2.45. The van der Waals surface area contributed by atoms with Crippen LogP contribution in [-0.4, -0.2) is 14.2 Å². The topological polar surface area (TPSA) is 30.5 Å². The summed E-state index contributed by atoms with van der Waals surface area (Å²) in [5.41, 5.74) is 1.94. The molecule has 0 aromatic heterocycles. The van der Waals surface area contributed by atoms with Crippen molar-refractivity contribution < 1.29 is 9.47 Å². The summed E-state index contributed by atoms with van der Waals surface area (Å²) in [5, 5.41) is 3.98. The van der Waals surface area contributed by atoms with Gasteiger partial charge in [0.2, 0.25) is 0 Å². The van der Waals surface area contributed by atoms with Gasteiger partial charge in [-0.3, -0.25) is 0 Å². The molecule has 2 aromatic rings. The second kappa shape index (κ2) is 6.34. The molecule has 0 heterocycles. The van der Waals surface area contributed by atoms with Crippen molar-refractivity contribution in [1.82, 2.24) is 0 Å². The molecule has 100 valence electrons. The van der Waals surface area contributed by atoms with Crippen molar-refractivity contribution in [2.24, 2.45) is 0 Å². The lowest BCUT2D eigenvalue weighted by molar-refractivity contribution is 0.409. The summed E-state index contributed by atoms with van der Waals surface area (Å²) in [4.78, 5) is 0. The van der Waals surface area contributed by atoms with Gasteiger partial charge in [-0.2, -0.15) is 0 Å². The van der Waals surface area contributed by atoms with E-state index in [4.69, 9.17) is 21.1 Å². The second-order valence-electron chi connectivity index (χ2n) is 4.01. The van der Waals surface area contributed by atoms with Gasteiger partial charge in [0.15, 0.2) is 0 Å². The molecule has 0 amide bonds. The van der Waals surface area contributed by atoms with Crippen LogP contribution in [0.15, 0.2) is 42.5 Å². The molecule has 0 spiro atoms. The highest BCUT2D eigenvalue weighted by molar-refractivity contribution is 6.30. The van der Waals surface area contributed by atoms with Gasteiger partial charge in [0.1, 0.15) is 11.5 Å². The van der Waals surface area contributed by atoms with E-state index in [-0.39, 0.29) is 0 Å². The standard InChI is InChI=1S/C15H16ClNO2/c1-18-14-6-4-3-5-11(14)10-17-13-9-12(16)7-8-15(13)19-2/h3-9,17H,10H2,1-2H3. The molecule has 0 bridgehead atoms. The van der Waals surface area contributed by atoms with Gasteiger partial charge in [0.05, 0.1) is 19.9 Å². The molecule has 0 atom stereocenters. The van der Waals surface area contributed by atoms with Crippen LogP contribution in [0.5, 0.6) is 11.5 Å². The van der Waals surface area contributed by atoms with Crippen LogP contribution < -0.4 is 14.8 Å². The molecule has 2 aromatic carbocycles. The predicted molar refractivity (Wildman–Crippen MR) is 78.3 cm³/mol. The van der Waals surface area contributed by atoms with Crippen molar-refractivity contribution in [3.8, 4) is 11.5 Å². The molecule has 2 rings (SSSR count). The predicted octanol–water partition coefficient (Wildman–Crippen LogP) is 3.97. The maximum Gasteiger partial charge on any atom is 0.142 e. The first kappa shape index (κ1) is 13.6. The van der Waals surface area contributed by atoms with Crippen molar-refractivity contribution in [2.75, 3.05) is 19.5 Å². The summed E-state index contributed by atoms with van der Waals surface area (Å²) < 4.78 is 10.6. The zero-order valence-electron chi connectivity index (χ0n) is 10.9. The molecule has 0 radical (unpaired) electrons. The molecule has 0 saturated heterocycles. The van der Waals surface area contributed by atoms with E-state index < -0.39 is 0 Å². The SMILES string of the molecule is COc1ccccc1CNc1cc(Cl)ccc1OC. The number of ether oxygens (including phenoxy) is 2. The van der Waals surface area contributed by atoms with E-state index >= 15 is 0 Å². The molecule has 3 nitrogen and oxygen atoms in total. The molecule has 0 saturated carbocycles. The minimum Gasteiger partial charge on any atom is -0.496 e. The monoisotopic (exact) mass is 277 g/mol. The fraction of sp³-hybridized carbons (Fsp3) is 0.200. The molecule has 0 aliphatic carbocycles. The van der Waals surface area contributed by atoms with Gasteiger partial charge in [-0.1, -0.05) is 29.8 Å². The third-order valence-electron chi connectivity index (χ3n) is 2.82. The maximum absolute atomic E-state index is 5.99. The zero-order chi connectivity index (χ0) is 13.7. The summed E-state index contributed by atoms with van der Waals surface area (Å²) >= 11 is 5.99. The van der Waals surface area contributed by atoms with Crippen molar-refractivity contribution >= 4 is 17.3 Å². The van der Waals surface area contributed by atoms with Crippen LogP contribution in [0, 0.1) is 0 Å². The first-order valence-corrected chi connectivity index (χ1v) is 6.31. The van der Waals surface area contributed by atoms with Gasteiger partial charge in [-0.25, -0.2) is 0 Å². The Morgan fingerprint density at radius 1 is 1.00 bits per heavy atom. The minimum absolute atomic E-state index is 0.640. The van der Waals surface area contributed by atoms with Crippen LogP contribution in [0.1, 0.15) is 5.56 Å². The van der Waals surface area contributed by atoms with Gasteiger partial charge < -0.3 is 14.8 Å². The van der Waals surface area contributed by atoms with E-state index in [1.807, 2.05) is 36.4 Å². The number of para-hydroxylation sites is 1. The number of anilines is 1. The molecular formula is C15H16ClNO2. The Morgan fingerprint density at radius 2 is 1.74 bits per heavy atom. The lowest BCUT2D eigenvalue weighted by Gasteiger charge is -2.13. The lowest BCUT2D eigenvalue weighted by Crippen LogP contribution is -2.03. The van der Waals surface area contributed by atoms with Crippen molar-refractivity contribution in [1.29, 1.82) is 0 Å². The number of hydrogen-bond acceptors (Lipinski definition) is 3. The van der Waals surface area contributed by atoms with Crippen LogP contribution in [0.25, 0.3) is 0 Å². The molecule has 19 heavy (non-hydrogen) atoms. The highest BCUT2D eigenvalue weighted by Gasteiger charge is 2.05. The third kappa shape index (κ3) is 3.32.